The third kappa shape index (κ3) is 4.01. The summed E-state index contributed by atoms with van der Waals surface area (Å²) in [7, 11) is 0. The van der Waals surface area contributed by atoms with Gasteiger partial charge in [-0.05, 0) is 42.2 Å². The molecule has 0 bridgehead atoms. The van der Waals surface area contributed by atoms with E-state index in [4.69, 9.17) is 11.6 Å². The summed E-state index contributed by atoms with van der Waals surface area (Å²) in [4.78, 5) is 17.6. The van der Waals surface area contributed by atoms with E-state index in [9.17, 15) is 10.1 Å². The van der Waals surface area contributed by atoms with Crippen molar-refractivity contribution < 1.29 is 4.79 Å². The second-order valence-corrected chi connectivity index (χ2v) is 9.45. The summed E-state index contributed by atoms with van der Waals surface area (Å²) in [6, 6.07) is 16.0. The highest BCUT2D eigenvalue weighted by atomic mass is 35.5. The Morgan fingerprint density at radius 2 is 2.06 bits per heavy atom. The van der Waals surface area contributed by atoms with Gasteiger partial charge in [-0.3, -0.25) is 4.79 Å². The van der Waals surface area contributed by atoms with Crippen LogP contribution in [-0.2, 0) is 5.41 Å². The van der Waals surface area contributed by atoms with Crippen LogP contribution in [0.25, 0.3) is 0 Å². The molecule has 166 valence electrons. The third-order valence-electron chi connectivity index (χ3n) is 6.65. The summed E-state index contributed by atoms with van der Waals surface area (Å²) in [6.45, 7) is 11.1. The number of halogens is 1. The summed E-state index contributed by atoms with van der Waals surface area (Å²) < 4.78 is 0. The number of amides is 1. The number of nitrogens with zero attached hydrogens (tertiary/aromatic N) is 3. The molecule has 1 saturated heterocycles. The van der Waals surface area contributed by atoms with Crippen LogP contribution in [-0.4, -0.2) is 43.0 Å². The van der Waals surface area contributed by atoms with Gasteiger partial charge in [-0.15, -0.1) is 0 Å². The topological polar surface area (TPSA) is 59.4 Å². The van der Waals surface area contributed by atoms with Crippen LogP contribution in [0.5, 0.6) is 0 Å². The largest absolute Gasteiger partial charge is 0.358 e. The Hall–Kier alpha value is -2.81. The minimum atomic E-state index is -0.329. The summed E-state index contributed by atoms with van der Waals surface area (Å²) in [5.41, 5.74) is 4.28. The van der Waals surface area contributed by atoms with E-state index in [0.717, 1.165) is 41.9 Å². The molecular weight excluding hydrogens is 420 g/mol. The Kier molecular flexibility index (Phi) is 6.28. The average molecular weight is 449 g/mol. The molecule has 0 aromatic heterocycles. The van der Waals surface area contributed by atoms with Gasteiger partial charge in [0.05, 0.1) is 6.07 Å². The Labute approximate surface area is 195 Å². The zero-order valence-electron chi connectivity index (χ0n) is 18.7. The second kappa shape index (κ2) is 8.97. The second-order valence-electron chi connectivity index (χ2n) is 9.01. The fourth-order valence-electron chi connectivity index (χ4n) is 4.90. The Morgan fingerprint density at radius 3 is 2.84 bits per heavy atom. The molecule has 0 spiro atoms. The fraction of sp³-hybridized carbons (Fsp3) is 0.385. The lowest BCUT2D eigenvalue weighted by Gasteiger charge is -2.29. The molecule has 0 radical (unpaired) electrons. The molecular formula is C26H29ClN4O. The lowest BCUT2D eigenvalue weighted by molar-refractivity contribution is 0.0986. The highest BCUT2D eigenvalue weighted by Crippen LogP contribution is 2.43. The molecule has 5 nitrogen and oxygen atoms in total. The number of carbonyl (C=O) groups is 1. The summed E-state index contributed by atoms with van der Waals surface area (Å²) in [6.07, 6.45) is 1.92. The number of rotatable bonds is 6. The molecule has 1 atom stereocenters. The van der Waals surface area contributed by atoms with Crippen LogP contribution in [0.3, 0.4) is 0 Å². The van der Waals surface area contributed by atoms with E-state index >= 15 is 0 Å². The first-order valence-corrected chi connectivity index (χ1v) is 11.5. The molecule has 1 unspecified atom stereocenters. The Morgan fingerprint density at radius 1 is 1.28 bits per heavy atom. The number of nitriles is 1. The maximum atomic E-state index is 13.6. The molecule has 0 saturated carbocycles. The first-order chi connectivity index (χ1) is 15.3. The molecule has 2 aromatic rings. The molecule has 2 heterocycles. The molecule has 0 aliphatic carbocycles. The molecule has 1 amide bonds. The van der Waals surface area contributed by atoms with E-state index < -0.39 is 0 Å². The van der Waals surface area contributed by atoms with Crippen molar-refractivity contribution in [3.05, 3.63) is 76.5 Å². The maximum absolute atomic E-state index is 13.6. The van der Waals surface area contributed by atoms with Gasteiger partial charge in [0, 0.05) is 53.6 Å². The SMILES string of the molecule is C=C(CNCCN1C(=O)c2cc(Cl)ccc2C(C)(C)c2ccccc21)N1CCCC1C#N. The van der Waals surface area contributed by atoms with E-state index in [2.05, 4.69) is 42.8 Å². The van der Waals surface area contributed by atoms with E-state index in [1.807, 2.05) is 35.2 Å². The number of likely N-dealkylation sites (tertiary alicyclic amines) is 1. The number of fused-ring (bicyclic) bond motifs is 2. The fourth-order valence-corrected chi connectivity index (χ4v) is 5.07. The minimum Gasteiger partial charge on any atom is -0.358 e. The first kappa shape index (κ1) is 22.4. The van der Waals surface area contributed by atoms with Crippen LogP contribution in [0, 0.1) is 11.3 Å². The van der Waals surface area contributed by atoms with Gasteiger partial charge in [0.25, 0.3) is 5.91 Å². The van der Waals surface area contributed by atoms with Gasteiger partial charge in [0.2, 0.25) is 0 Å². The van der Waals surface area contributed by atoms with Crippen molar-refractivity contribution in [3.63, 3.8) is 0 Å². The number of anilines is 1. The monoisotopic (exact) mass is 448 g/mol. The zero-order valence-corrected chi connectivity index (χ0v) is 19.5. The van der Waals surface area contributed by atoms with Crippen LogP contribution in [0.4, 0.5) is 5.69 Å². The third-order valence-corrected chi connectivity index (χ3v) is 6.88. The molecule has 2 aliphatic rings. The maximum Gasteiger partial charge on any atom is 0.258 e. The van der Waals surface area contributed by atoms with E-state index in [1.165, 1.54) is 0 Å². The number of benzene rings is 2. The number of hydrogen-bond donors (Lipinski definition) is 1. The predicted octanol–water partition coefficient (Wildman–Crippen LogP) is 4.72. The van der Waals surface area contributed by atoms with Crippen molar-refractivity contribution in [1.82, 2.24) is 10.2 Å². The van der Waals surface area contributed by atoms with Gasteiger partial charge < -0.3 is 15.1 Å². The van der Waals surface area contributed by atoms with Crippen LogP contribution in [0.15, 0.2) is 54.7 Å². The summed E-state index contributed by atoms with van der Waals surface area (Å²) >= 11 is 6.27. The van der Waals surface area contributed by atoms with Crippen LogP contribution in [0.1, 0.15) is 48.2 Å². The highest BCUT2D eigenvalue weighted by Gasteiger charge is 2.37. The van der Waals surface area contributed by atoms with Crippen molar-refractivity contribution in [2.45, 2.75) is 38.1 Å². The van der Waals surface area contributed by atoms with Gasteiger partial charge >= 0.3 is 0 Å². The van der Waals surface area contributed by atoms with Gasteiger partial charge in [0.1, 0.15) is 6.04 Å². The number of nitrogens with one attached hydrogen (secondary N) is 1. The number of para-hydroxylation sites is 1. The predicted molar refractivity (Wildman–Crippen MR) is 129 cm³/mol. The zero-order chi connectivity index (χ0) is 22.9. The van der Waals surface area contributed by atoms with Crippen LogP contribution in [0.2, 0.25) is 5.02 Å². The summed E-state index contributed by atoms with van der Waals surface area (Å²) in [5, 5.41) is 13.3. The van der Waals surface area contributed by atoms with Gasteiger partial charge in [-0.1, -0.05) is 56.3 Å². The van der Waals surface area contributed by atoms with Gasteiger partial charge in [0.15, 0.2) is 0 Å². The molecule has 2 aromatic carbocycles. The van der Waals surface area contributed by atoms with E-state index in [1.54, 1.807) is 6.07 Å². The molecule has 4 rings (SSSR count). The normalized spacial score (nSPS) is 19.2. The van der Waals surface area contributed by atoms with Crippen molar-refractivity contribution in [2.24, 2.45) is 0 Å². The van der Waals surface area contributed by atoms with Gasteiger partial charge in [-0.2, -0.15) is 5.26 Å². The quantitative estimate of drug-likeness (QED) is 0.650. The lowest BCUT2D eigenvalue weighted by Crippen LogP contribution is -2.39. The van der Waals surface area contributed by atoms with Crippen molar-refractivity contribution in [2.75, 3.05) is 31.1 Å². The minimum absolute atomic E-state index is 0.0368. The molecule has 1 fully saturated rings. The average Bonchev–Trinajstić information content (AvgIpc) is 3.25. The van der Waals surface area contributed by atoms with Crippen molar-refractivity contribution in [1.29, 1.82) is 5.26 Å². The number of hydrogen-bond acceptors (Lipinski definition) is 4. The molecule has 6 heteroatoms. The highest BCUT2D eigenvalue weighted by molar-refractivity contribution is 6.31. The van der Waals surface area contributed by atoms with Gasteiger partial charge in [-0.25, -0.2) is 0 Å². The standard InChI is InChI=1S/C26H29ClN4O/c1-18(30-13-6-7-20(30)16-28)17-29-12-14-31-24-9-5-4-8-23(24)26(2,3)22-11-10-19(27)15-21(22)25(31)32/h4-5,8-11,15,20,29H,1,6-7,12-14,17H2,2-3H3. The Bertz CT molecular complexity index is 1090. The van der Waals surface area contributed by atoms with Crippen molar-refractivity contribution in [3.8, 4) is 6.07 Å². The smallest absolute Gasteiger partial charge is 0.258 e. The summed E-state index contributed by atoms with van der Waals surface area (Å²) in [5.74, 6) is -0.0368. The first-order valence-electron chi connectivity index (χ1n) is 11.1. The van der Waals surface area contributed by atoms with Crippen molar-refractivity contribution >= 4 is 23.2 Å². The molecule has 1 N–H and O–H groups in total. The van der Waals surface area contributed by atoms with Crippen LogP contribution < -0.4 is 10.2 Å². The lowest BCUT2D eigenvalue weighted by atomic mass is 9.76. The molecule has 32 heavy (non-hydrogen) atoms. The van der Waals surface area contributed by atoms with E-state index in [-0.39, 0.29) is 17.4 Å². The Balaban J connectivity index is 1.54. The number of carbonyl (C=O) groups excluding carboxylic acids is 1. The van der Waals surface area contributed by atoms with Crippen LogP contribution >= 0.6 is 11.6 Å². The molecule has 2 aliphatic heterocycles. The van der Waals surface area contributed by atoms with E-state index in [0.29, 0.717) is 30.2 Å².